The summed E-state index contributed by atoms with van der Waals surface area (Å²) in [5.74, 6) is -1.40. The van der Waals surface area contributed by atoms with Crippen LogP contribution < -0.4 is 5.48 Å². The molecule has 1 aliphatic carbocycles. The molecule has 1 saturated carbocycles. The van der Waals surface area contributed by atoms with Gasteiger partial charge in [0.2, 0.25) is 0 Å². The lowest BCUT2D eigenvalue weighted by Crippen LogP contribution is -2.26. The van der Waals surface area contributed by atoms with E-state index in [1.165, 1.54) is 6.07 Å². The zero-order valence-corrected chi connectivity index (χ0v) is 10.0. The van der Waals surface area contributed by atoms with Crippen molar-refractivity contribution in [3.8, 4) is 0 Å². The molecule has 18 heavy (non-hydrogen) atoms. The van der Waals surface area contributed by atoms with Crippen molar-refractivity contribution in [1.29, 1.82) is 0 Å². The van der Waals surface area contributed by atoms with Crippen LogP contribution in [0.25, 0.3) is 0 Å². The molecule has 0 heterocycles. The van der Waals surface area contributed by atoms with E-state index in [2.05, 4.69) is 5.48 Å². The molecule has 0 bridgehead atoms. The van der Waals surface area contributed by atoms with E-state index in [-0.39, 0.29) is 18.2 Å². The molecule has 100 valence electrons. The second-order valence-electron chi connectivity index (χ2n) is 4.55. The van der Waals surface area contributed by atoms with Crippen LogP contribution in [0.1, 0.15) is 37.4 Å². The predicted molar refractivity (Wildman–Crippen MR) is 62.7 cm³/mol. The van der Waals surface area contributed by atoms with Gasteiger partial charge in [0.05, 0.1) is 18.8 Å². The first-order valence-electron chi connectivity index (χ1n) is 6.18. The van der Waals surface area contributed by atoms with Crippen LogP contribution >= 0.6 is 0 Å². The zero-order valence-electron chi connectivity index (χ0n) is 10.0. The predicted octanol–water partition coefficient (Wildman–Crippen LogP) is 2.46. The molecule has 0 amide bonds. The molecule has 1 fully saturated rings. The Morgan fingerprint density at radius 2 is 2.06 bits per heavy atom. The number of hydrogen-bond acceptors (Lipinski definition) is 3. The Balaban J connectivity index is 1.81. The molecule has 1 aromatic carbocycles. The van der Waals surface area contributed by atoms with E-state index in [1.54, 1.807) is 0 Å². The highest BCUT2D eigenvalue weighted by Gasteiger charge is 2.17. The number of nitrogens with one attached hydrogen (secondary N) is 1. The monoisotopic (exact) mass is 257 g/mol. The molecule has 1 aromatic rings. The van der Waals surface area contributed by atoms with E-state index in [1.807, 2.05) is 0 Å². The Labute approximate surface area is 105 Å². The SMILES string of the molecule is OC(CNOC1CCCC1)c1ccc(F)cc1F. The number of aliphatic hydroxyl groups is 1. The van der Waals surface area contributed by atoms with Gasteiger partial charge in [-0.3, -0.25) is 4.84 Å². The summed E-state index contributed by atoms with van der Waals surface area (Å²) in [4.78, 5) is 5.35. The molecule has 0 aliphatic heterocycles. The Morgan fingerprint density at radius 1 is 1.33 bits per heavy atom. The maximum absolute atomic E-state index is 13.4. The van der Waals surface area contributed by atoms with Crippen LogP contribution in [-0.4, -0.2) is 17.8 Å². The van der Waals surface area contributed by atoms with Crippen molar-refractivity contribution in [3.63, 3.8) is 0 Å². The number of benzene rings is 1. The number of hydroxylamine groups is 1. The summed E-state index contributed by atoms with van der Waals surface area (Å²) >= 11 is 0. The zero-order chi connectivity index (χ0) is 13.0. The molecule has 0 saturated heterocycles. The summed E-state index contributed by atoms with van der Waals surface area (Å²) in [6, 6.07) is 3.13. The van der Waals surface area contributed by atoms with Crippen LogP contribution in [0.4, 0.5) is 8.78 Å². The van der Waals surface area contributed by atoms with Gasteiger partial charge in [0.15, 0.2) is 0 Å². The number of hydrogen-bond donors (Lipinski definition) is 2. The normalized spacial score (nSPS) is 18.2. The molecule has 3 nitrogen and oxygen atoms in total. The van der Waals surface area contributed by atoms with Crippen LogP contribution in [-0.2, 0) is 4.84 Å². The lowest BCUT2D eigenvalue weighted by atomic mass is 10.1. The Kier molecular flexibility index (Phi) is 4.63. The fraction of sp³-hybridized carbons (Fsp3) is 0.538. The standard InChI is InChI=1S/C13H17F2NO2/c14-9-5-6-11(12(15)7-9)13(17)8-16-18-10-3-1-2-4-10/h5-7,10,13,16-17H,1-4,8H2. The van der Waals surface area contributed by atoms with Gasteiger partial charge in [-0.15, -0.1) is 0 Å². The summed E-state index contributed by atoms with van der Waals surface area (Å²) in [6.45, 7) is 0.0824. The van der Waals surface area contributed by atoms with Crippen LogP contribution in [0.5, 0.6) is 0 Å². The lowest BCUT2D eigenvalue weighted by molar-refractivity contribution is -0.0375. The van der Waals surface area contributed by atoms with Crippen molar-refractivity contribution in [2.24, 2.45) is 0 Å². The molecule has 2 N–H and O–H groups in total. The molecule has 1 atom stereocenters. The average molecular weight is 257 g/mol. The van der Waals surface area contributed by atoms with Gasteiger partial charge in [0.25, 0.3) is 0 Å². The molecular formula is C13H17F2NO2. The summed E-state index contributed by atoms with van der Waals surface area (Å²) in [6.07, 6.45) is 3.45. The summed E-state index contributed by atoms with van der Waals surface area (Å²) < 4.78 is 26.1. The molecule has 0 aromatic heterocycles. The maximum atomic E-state index is 13.4. The van der Waals surface area contributed by atoms with Gasteiger partial charge in [0, 0.05) is 11.6 Å². The van der Waals surface area contributed by atoms with Gasteiger partial charge < -0.3 is 5.11 Å². The molecule has 1 aliphatic rings. The largest absolute Gasteiger partial charge is 0.387 e. The van der Waals surface area contributed by atoms with Crippen molar-refractivity contribution in [2.75, 3.05) is 6.54 Å². The highest BCUT2D eigenvalue weighted by molar-refractivity contribution is 5.21. The number of aliphatic hydroxyl groups excluding tert-OH is 1. The molecule has 0 radical (unpaired) electrons. The highest BCUT2D eigenvalue weighted by atomic mass is 19.1. The second-order valence-corrected chi connectivity index (χ2v) is 4.55. The maximum Gasteiger partial charge on any atom is 0.131 e. The summed E-state index contributed by atoms with van der Waals surface area (Å²) in [7, 11) is 0. The lowest BCUT2D eigenvalue weighted by Gasteiger charge is -2.15. The fourth-order valence-corrected chi connectivity index (χ4v) is 2.13. The van der Waals surface area contributed by atoms with Crippen molar-refractivity contribution in [3.05, 3.63) is 35.4 Å². The molecular weight excluding hydrogens is 240 g/mol. The third kappa shape index (κ3) is 3.48. The minimum absolute atomic E-state index is 0.0684. The smallest absolute Gasteiger partial charge is 0.131 e. The summed E-state index contributed by atoms with van der Waals surface area (Å²) in [5, 5.41) is 9.76. The average Bonchev–Trinajstić information content (AvgIpc) is 2.81. The number of halogens is 2. The first-order chi connectivity index (χ1) is 8.66. The molecule has 0 spiro atoms. The van der Waals surface area contributed by atoms with E-state index < -0.39 is 17.7 Å². The Morgan fingerprint density at radius 3 is 2.72 bits per heavy atom. The first kappa shape index (κ1) is 13.4. The van der Waals surface area contributed by atoms with Crippen molar-refractivity contribution >= 4 is 0 Å². The fourth-order valence-electron chi connectivity index (χ4n) is 2.13. The van der Waals surface area contributed by atoms with Gasteiger partial charge in [-0.05, 0) is 18.9 Å². The van der Waals surface area contributed by atoms with E-state index in [9.17, 15) is 13.9 Å². The van der Waals surface area contributed by atoms with Gasteiger partial charge in [-0.2, -0.15) is 5.48 Å². The van der Waals surface area contributed by atoms with Crippen LogP contribution in [0.3, 0.4) is 0 Å². The van der Waals surface area contributed by atoms with Gasteiger partial charge >= 0.3 is 0 Å². The second kappa shape index (κ2) is 6.22. The summed E-state index contributed by atoms with van der Waals surface area (Å²) in [5.41, 5.74) is 2.73. The molecule has 5 heteroatoms. The Hall–Kier alpha value is -1.04. The van der Waals surface area contributed by atoms with Crippen molar-refractivity contribution in [2.45, 2.75) is 37.9 Å². The Bertz CT molecular complexity index is 395. The van der Waals surface area contributed by atoms with Crippen LogP contribution in [0, 0.1) is 11.6 Å². The van der Waals surface area contributed by atoms with Gasteiger partial charge in [-0.1, -0.05) is 18.9 Å². The number of rotatable bonds is 5. The third-order valence-corrected chi connectivity index (χ3v) is 3.15. The first-order valence-corrected chi connectivity index (χ1v) is 6.18. The van der Waals surface area contributed by atoms with E-state index in [4.69, 9.17) is 4.84 Å². The van der Waals surface area contributed by atoms with Crippen molar-refractivity contribution in [1.82, 2.24) is 5.48 Å². The van der Waals surface area contributed by atoms with E-state index in [0.29, 0.717) is 0 Å². The van der Waals surface area contributed by atoms with E-state index in [0.717, 1.165) is 37.8 Å². The van der Waals surface area contributed by atoms with Crippen LogP contribution in [0.2, 0.25) is 0 Å². The topological polar surface area (TPSA) is 41.5 Å². The van der Waals surface area contributed by atoms with Crippen molar-refractivity contribution < 1.29 is 18.7 Å². The molecule has 2 rings (SSSR count). The van der Waals surface area contributed by atoms with Crippen LogP contribution in [0.15, 0.2) is 18.2 Å². The minimum Gasteiger partial charge on any atom is -0.387 e. The van der Waals surface area contributed by atoms with Gasteiger partial charge in [0.1, 0.15) is 11.6 Å². The van der Waals surface area contributed by atoms with E-state index >= 15 is 0 Å². The quantitative estimate of drug-likeness (QED) is 0.796. The van der Waals surface area contributed by atoms with Gasteiger partial charge in [-0.25, -0.2) is 8.78 Å². The highest BCUT2D eigenvalue weighted by Crippen LogP contribution is 2.21. The third-order valence-electron chi connectivity index (χ3n) is 3.15. The molecule has 1 unspecified atom stereocenters. The minimum atomic E-state index is -1.05.